The van der Waals surface area contributed by atoms with Crippen molar-refractivity contribution in [2.45, 2.75) is 17.4 Å². The Morgan fingerprint density at radius 3 is 2.94 bits per heavy atom. The van der Waals surface area contributed by atoms with Crippen molar-refractivity contribution in [2.24, 2.45) is 0 Å². The zero-order valence-corrected chi connectivity index (χ0v) is 11.3. The number of thioether (sulfide) groups is 1. The highest BCUT2D eigenvalue weighted by atomic mass is 79.9. The Morgan fingerprint density at radius 1 is 1.62 bits per heavy atom. The molecule has 0 aromatic heterocycles. The fourth-order valence-corrected chi connectivity index (χ4v) is 2.77. The normalized spacial score (nSPS) is 12.4. The smallest absolute Gasteiger partial charge is 0.320 e. The number of carboxylic acid groups (broad SMARTS) is 1. The van der Waals surface area contributed by atoms with Gasteiger partial charge in [-0.15, -0.1) is 11.8 Å². The Morgan fingerprint density at radius 2 is 2.38 bits per heavy atom. The Hall–Kier alpha value is -0.520. The summed E-state index contributed by atoms with van der Waals surface area (Å²) in [6.45, 7) is 0. The van der Waals surface area contributed by atoms with Gasteiger partial charge in [-0.1, -0.05) is 22.0 Å². The van der Waals surface area contributed by atoms with Crippen LogP contribution < -0.4 is 5.32 Å². The molecule has 5 heteroatoms. The number of halogens is 1. The first-order chi connectivity index (χ1) is 7.63. The minimum absolute atomic E-state index is 0.459. The van der Waals surface area contributed by atoms with Crippen molar-refractivity contribution in [1.29, 1.82) is 0 Å². The molecule has 3 nitrogen and oxygen atoms in total. The number of carboxylic acids is 1. The summed E-state index contributed by atoms with van der Waals surface area (Å²) >= 11 is 5.06. The van der Waals surface area contributed by atoms with E-state index in [9.17, 15) is 4.79 Å². The molecule has 0 saturated heterocycles. The third kappa shape index (κ3) is 4.55. The molecule has 0 aliphatic carbocycles. The van der Waals surface area contributed by atoms with Crippen LogP contribution in [0.3, 0.4) is 0 Å². The molecule has 0 bridgehead atoms. The van der Waals surface area contributed by atoms with Crippen LogP contribution in [0.1, 0.15) is 6.42 Å². The predicted molar refractivity (Wildman–Crippen MR) is 70.0 cm³/mol. The highest BCUT2D eigenvalue weighted by Gasteiger charge is 2.13. The SMILES string of the molecule is CNC(CCSc1cccc(Br)c1)C(=O)O. The second-order valence-corrected chi connectivity index (χ2v) is 5.36. The van der Waals surface area contributed by atoms with Gasteiger partial charge in [-0.25, -0.2) is 0 Å². The lowest BCUT2D eigenvalue weighted by Crippen LogP contribution is -2.34. The van der Waals surface area contributed by atoms with Crippen molar-refractivity contribution in [3.63, 3.8) is 0 Å². The topological polar surface area (TPSA) is 49.3 Å². The van der Waals surface area contributed by atoms with E-state index in [4.69, 9.17) is 5.11 Å². The van der Waals surface area contributed by atoms with Crippen LogP contribution in [0.2, 0.25) is 0 Å². The zero-order valence-electron chi connectivity index (χ0n) is 8.94. The van der Waals surface area contributed by atoms with Gasteiger partial charge in [0.05, 0.1) is 0 Å². The maximum atomic E-state index is 10.7. The number of hydrogen-bond donors (Lipinski definition) is 2. The largest absolute Gasteiger partial charge is 0.480 e. The van der Waals surface area contributed by atoms with Gasteiger partial charge in [-0.2, -0.15) is 0 Å². The van der Waals surface area contributed by atoms with Crippen LogP contribution in [0.5, 0.6) is 0 Å². The first-order valence-corrected chi connectivity index (χ1v) is 6.70. The van der Waals surface area contributed by atoms with Gasteiger partial charge in [-0.3, -0.25) is 4.79 Å². The molecule has 2 N–H and O–H groups in total. The van der Waals surface area contributed by atoms with E-state index in [2.05, 4.69) is 21.2 Å². The third-order valence-electron chi connectivity index (χ3n) is 2.12. The molecule has 1 rings (SSSR count). The first kappa shape index (κ1) is 13.5. The molecule has 0 aliphatic heterocycles. The van der Waals surface area contributed by atoms with Crippen LogP contribution in [0, 0.1) is 0 Å². The molecule has 0 fully saturated rings. The number of benzene rings is 1. The lowest BCUT2D eigenvalue weighted by atomic mass is 10.2. The lowest BCUT2D eigenvalue weighted by Gasteiger charge is -2.10. The Balaban J connectivity index is 2.38. The number of hydrogen-bond acceptors (Lipinski definition) is 3. The molecule has 88 valence electrons. The monoisotopic (exact) mass is 303 g/mol. The van der Waals surface area contributed by atoms with Gasteiger partial charge in [-0.05, 0) is 31.7 Å². The van der Waals surface area contributed by atoms with Gasteiger partial charge in [0, 0.05) is 15.1 Å². The van der Waals surface area contributed by atoms with Crippen molar-refractivity contribution in [1.82, 2.24) is 5.32 Å². The van der Waals surface area contributed by atoms with E-state index in [0.29, 0.717) is 6.42 Å². The van der Waals surface area contributed by atoms with Crippen molar-refractivity contribution in [3.05, 3.63) is 28.7 Å². The Bertz CT molecular complexity index is 360. The van der Waals surface area contributed by atoms with Gasteiger partial charge in [0.1, 0.15) is 6.04 Å². The summed E-state index contributed by atoms with van der Waals surface area (Å²) in [5.74, 6) is -0.00816. The molecule has 0 radical (unpaired) electrons. The van der Waals surface area contributed by atoms with E-state index in [0.717, 1.165) is 15.1 Å². The van der Waals surface area contributed by atoms with Crippen LogP contribution in [-0.2, 0) is 4.79 Å². The Labute approximate surface area is 108 Å². The van der Waals surface area contributed by atoms with Gasteiger partial charge in [0.25, 0.3) is 0 Å². The van der Waals surface area contributed by atoms with Gasteiger partial charge in [0.15, 0.2) is 0 Å². The van der Waals surface area contributed by atoms with Crippen molar-refractivity contribution >= 4 is 33.7 Å². The number of nitrogens with one attached hydrogen (secondary N) is 1. The van der Waals surface area contributed by atoms with E-state index in [-0.39, 0.29) is 0 Å². The molecule has 0 heterocycles. The molecule has 1 atom stereocenters. The van der Waals surface area contributed by atoms with Gasteiger partial charge in [0.2, 0.25) is 0 Å². The Kier molecular flexibility index (Phi) is 5.87. The van der Waals surface area contributed by atoms with Gasteiger partial charge >= 0.3 is 5.97 Å². The minimum atomic E-state index is -0.794. The number of likely N-dealkylation sites (N-methyl/N-ethyl adjacent to an activating group) is 1. The van der Waals surface area contributed by atoms with Crippen LogP contribution in [-0.4, -0.2) is 29.9 Å². The van der Waals surface area contributed by atoms with E-state index in [1.165, 1.54) is 0 Å². The average molecular weight is 304 g/mol. The van der Waals surface area contributed by atoms with Crippen LogP contribution >= 0.6 is 27.7 Å². The van der Waals surface area contributed by atoms with Crippen LogP contribution in [0.25, 0.3) is 0 Å². The summed E-state index contributed by atoms with van der Waals surface area (Å²) in [4.78, 5) is 11.9. The molecule has 16 heavy (non-hydrogen) atoms. The summed E-state index contributed by atoms with van der Waals surface area (Å²) in [5.41, 5.74) is 0. The highest BCUT2D eigenvalue weighted by molar-refractivity contribution is 9.10. The molecular formula is C11H14BrNO2S. The number of carbonyl (C=O) groups is 1. The second kappa shape index (κ2) is 6.93. The lowest BCUT2D eigenvalue weighted by molar-refractivity contribution is -0.139. The molecular weight excluding hydrogens is 290 g/mol. The fraction of sp³-hybridized carbons (Fsp3) is 0.364. The summed E-state index contributed by atoms with van der Waals surface area (Å²) in [6, 6.07) is 7.53. The molecule has 1 aromatic carbocycles. The standard InChI is InChI=1S/C11H14BrNO2S/c1-13-10(11(14)15)5-6-16-9-4-2-3-8(12)7-9/h2-4,7,10,13H,5-6H2,1H3,(H,14,15). The second-order valence-electron chi connectivity index (χ2n) is 3.27. The number of rotatable bonds is 6. The minimum Gasteiger partial charge on any atom is -0.480 e. The average Bonchev–Trinajstić information content (AvgIpc) is 2.24. The first-order valence-electron chi connectivity index (χ1n) is 4.92. The van der Waals surface area contributed by atoms with Crippen molar-refractivity contribution in [3.8, 4) is 0 Å². The fourth-order valence-electron chi connectivity index (χ4n) is 1.24. The predicted octanol–water partition coefficient (Wildman–Crippen LogP) is 2.60. The maximum absolute atomic E-state index is 10.7. The van der Waals surface area contributed by atoms with Crippen LogP contribution in [0.15, 0.2) is 33.6 Å². The summed E-state index contributed by atoms with van der Waals surface area (Å²) < 4.78 is 1.04. The molecule has 0 saturated carbocycles. The molecule has 0 aliphatic rings. The van der Waals surface area contributed by atoms with E-state index in [1.54, 1.807) is 18.8 Å². The zero-order chi connectivity index (χ0) is 12.0. The van der Waals surface area contributed by atoms with Gasteiger partial charge < -0.3 is 10.4 Å². The summed E-state index contributed by atoms with van der Waals surface area (Å²) in [5, 5.41) is 11.6. The molecule has 1 aromatic rings. The van der Waals surface area contributed by atoms with E-state index >= 15 is 0 Å². The highest BCUT2D eigenvalue weighted by Crippen LogP contribution is 2.22. The summed E-state index contributed by atoms with van der Waals surface area (Å²) in [6.07, 6.45) is 0.614. The molecule has 0 amide bonds. The molecule has 1 unspecified atom stereocenters. The number of aliphatic carboxylic acids is 1. The van der Waals surface area contributed by atoms with E-state index < -0.39 is 12.0 Å². The van der Waals surface area contributed by atoms with Crippen molar-refractivity contribution < 1.29 is 9.90 Å². The molecule has 0 spiro atoms. The maximum Gasteiger partial charge on any atom is 0.320 e. The summed E-state index contributed by atoms with van der Waals surface area (Å²) in [7, 11) is 1.67. The van der Waals surface area contributed by atoms with E-state index in [1.807, 2.05) is 24.3 Å². The van der Waals surface area contributed by atoms with Crippen LogP contribution in [0.4, 0.5) is 0 Å². The van der Waals surface area contributed by atoms with Crippen molar-refractivity contribution in [2.75, 3.05) is 12.8 Å². The third-order valence-corrected chi connectivity index (χ3v) is 3.64. The quantitative estimate of drug-likeness (QED) is 0.793.